The number of rotatable bonds is 14. The fourth-order valence-corrected chi connectivity index (χ4v) is 4.65. The van der Waals surface area contributed by atoms with Gasteiger partial charge < -0.3 is 23.8 Å². The summed E-state index contributed by atoms with van der Waals surface area (Å²) in [6.45, 7) is 3.31. The van der Waals surface area contributed by atoms with Gasteiger partial charge in [0.2, 0.25) is 0 Å². The van der Waals surface area contributed by atoms with Gasteiger partial charge in [0.25, 0.3) is 0 Å². The number of anilines is 1. The number of hydrogen-bond acceptors (Lipinski definition) is 7. The van der Waals surface area contributed by atoms with Crippen molar-refractivity contribution in [3.05, 3.63) is 126 Å². The molecule has 3 aromatic carbocycles. The van der Waals surface area contributed by atoms with Gasteiger partial charge in [0.05, 0.1) is 51.9 Å². The van der Waals surface area contributed by atoms with E-state index in [-0.39, 0.29) is 0 Å². The average molecular weight is 550 g/mol. The van der Waals surface area contributed by atoms with Crippen LogP contribution in [0.4, 0.5) is 5.69 Å². The number of hydrogen-bond donors (Lipinski definition) is 0. The molecule has 0 radical (unpaired) electrons. The van der Waals surface area contributed by atoms with Gasteiger partial charge in [-0.15, -0.1) is 0 Å². The molecule has 0 aliphatic carbocycles. The second-order valence-electron chi connectivity index (χ2n) is 9.70. The number of aromatic nitrogens is 2. The normalized spacial score (nSPS) is 11.0. The summed E-state index contributed by atoms with van der Waals surface area (Å²) in [5.74, 6) is 1.67. The van der Waals surface area contributed by atoms with Crippen molar-refractivity contribution in [3.63, 3.8) is 0 Å². The van der Waals surface area contributed by atoms with E-state index in [9.17, 15) is 0 Å². The molecule has 0 atom stereocenters. The fourth-order valence-electron chi connectivity index (χ4n) is 4.65. The maximum Gasteiger partial charge on any atom is 0.119 e. The smallest absolute Gasteiger partial charge is 0.119 e. The zero-order chi connectivity index (χ0) is 28.3. The predicted molar refractivity (Wildman–Crippen MR) is 161 cm³/mol. The second kappa shape index (κ2) is 14.3. The summed E-state index contributed by atoms with van der Waals surface area (Å²) >= 11 is 0. The van der Waals surface area contributed by atoms with E-state index >= 15 is 0 Å². The molecular weight excluding hydrogens is 514 g/mol. The molecule has 0 bridgehead atoms. The summed E-state index contributed by atoms with van der Waals surface area (Å²) in [7, 11) is 3.35. The molecule has 210 valence electrons. The minimum atomic E-state index is 0.406. The lowest BCUT2D eigenvalue weighted by molar-refractivity contribution is 0.0328. The summed E-state index contributed by atoms with van der Waals surface area (Å²) < 4.78 is 22.4. The third kappa shape index (κ3) is 8.03. The highest BCUT2D eigenvalue weighted by Crippen LogP contribution is 2.24. The van der Waals surface area contributed by atoms with Crippen LogP contribution in [0.1, 0.15) is 22.4 Å². The maximum atomic E-state index is 5.90. The Bertz CT molecular complexity index is 1560. The SMILES string of the molecule is COc1cccc(COCCOCc2cc(N(Cc3cccc(OC)c3)Cc3ccc4cccnc4c3)ccn2)c1. The largest absolute Gasteiger partial charge is 0.497 e. The first-order valence-electron chi connectivity index (χ1n) is 13.6. The van der Waals surface area contributed by atoms with E-state index in [0.29, 0.717) is 39.5 Å². The number of pyridine rings is 2. The Hall–Kier alpha value is -4.46. The molecule has 41 heavy (non-hydrogen) atoms. The third-order valence-corrected chi connectivity index (χ3v) is 6.74. The van der Waals surface area contributed by atoms with E-state index in [4.69, 9.17) is 18.9 Å². The van der Waals surface area contributed by atoms with Gasteiger partial charge in [-0.05, 0) is 65.2 Å². The third-order valence-electron chi connectivity index (χ3n) is 6.74. The van der Waals surface area contributed by atoms with Crippen LogP contribution in [-0.2, 0) is 35.8 Å². The molecule has 0 saturated heterocycles. The molecule has 0 saturated carbocycles. The first kappa shape index (κ1) is 28.1. The Morgan fingerprint density at radius 3 is 2.10 bits per heavy atom. The summed E-state index contributed by atoms with van der Waals surface area (Å²) in [6.07, 6.45) is 3.67. The number of fused-ring (bicyclic) bond motifs is 1. The molecule has 0 fully saturated rings. The highest BCUT2D eigenvalue weighted by atomic mass is 16.5. The van der Waals surface area contributed by atoms with Gasteiger partial charge in [-0.25, -0.2) is 0 Å². The van der Waals surface area contributed by atoms with Gasteiger partial charge >= 0.3 is 0 Å². The van der Waals surface area contributed by atoms with Gasteiger partial charge in [-0.2, -0.15) is 0 Å². The monoisotopic (exact) mass is 549 g/mol. The molecule has 0 aliphatic rings. The first-order valence-corrected chi connectivity index (χ1v) is 13.6. The Morgan fingerprint density at radius 1 is 0.610 bits per heavy atom. The average Bonchev–Trinajstić information content (AvgIpc) is 3.02. The lowest BCUT2D eigenvalue weighted by atomic mass is 10.1. The molecule has 0 unspecified atom stereocenters. The highest BCUT2D eigenvalue weighted by Gasteiger charge is 2.12. The van der Waals surface area contributed by atoms with Crippen LogP contribution >= 0.6 is 0 Å². The molecule has 2 heterocycles. The van der Waals surface area contributed by atoms with E-state index in [1.807, 2.05) is 60.9 Å². The first-order chi connectivity index (χ1) is 20.2. The zero-order valence-electron chi connectivity index (χ0n) is 23.5. The number of ether oxygens (including phenoxy) is 4. The van der Waals surface area contributed by atoms with Crippen LogP contribution in [0.3, 0.4) is 0 Å². The van der Waals surface area contributed by atoms with Crippen LogP contribution in [0.5, 0.6) is 11.5 Å². The molecule has 7 nitrogen and oxygen atoms in total. The van der Waals surface area contributed by atoms with Gasteiger partial charge in [-0.3, -0.25) is 9.97 Å². The van der Waals surface area contributed by atoms with Crippen LogP contribution in [0.25, 0.3) is 10.9 Å². The Morgan fingerprint density at radius 2 is 1.32 bits per heavy atom. The summed E-state index contributed by atoms with van der Waals surface area (Å²) in [5.41, 5.74) is 6.33. The van der Waals surface area contributed by atoms with Gasteiger partial charge in [0.1, 0.15) is 11.5 Å². The van der Waals surface area contributed by atoms with Gasteiger partial charge in [0, 0.05) is 36.6 Å². The van der Waals surface area contributed by atoms with Crippen molar-refractivity contribution in [1.29, 1.82) is 0 Å². The number of benzene rings is 3. The van der Waals surface area contributed by atoms with E-state index in [0.717, 1.165) is 44.9 Å². The topological polar surface area (TPSA) is 65.9 Å². The van der Waals surface area contributed by atoms with Crippen LogP contribution in [0.2, 0.25) is 0 Å². The molecular formula is C34H35N3O4. The molecule has 5 rings (SSSR count). The Balaban J connectivity index is 1.23. The molecule has 5 aromatic rings. The summed E-state index contributed by atoms with van der Waals surface area (Å²) in [4.78, 5) is 11.4. The van der Waals surface area contributed by atoms with E-state index in [1.54, 1.807) is 14.2 Å². The second-order valence-corrected chi connectivity index (χ2v) is 9.70. The Labute approximate surface area is 241 Å². The van der Waals surface area contributed by atoms with Crippen molar-refractivity contribution < 1.29 is 18.9 Å². The maximum absolute atomic E-state index is 5.90. The zero-order valence-corrected chi connectivity index (χ0v) is 23.5. The van der Waals surface area contributed by atoms with Crippen LogP contribution < -0.4 is 14.4 Å². The quantitative estimate of drug-likeness (QED) is 0.145. The summed E-state index contributed by atoms with van der Waals surface area (Å²) in [5, 5.41) is 1.13. The van der Waals surface area contributed by atoms with Crippen molar-refractivity contribution in [2.45, 2.75) is 26.3 Å². The van der Waals surface area contributed by atoms with Crippen molar-refractivity contribution in [2.75, 3.05) is 32.3 Å². The number of methoxy groups -OCH3 is 2. The molecule has 0 N–H and O–H groups in total. The van der Waals surface area contributed by atoms with Crippen LogP contribution in [-0.4, -0.2) is 37.4 Å². The fraction of sp³-hybridized carbons (Fsp3) is 0.235. The predicted octanol–water partition coefficient (Wildman–Crippen LogP) is 6.59. The lowest BCUT2D eigenvalue weighted by Gasteiger charge is -2.26. The number of nitrogens with zero attached hydrogens (tertiary/aromatic N) is 3. The molecule has 7 heteroatoms. The van der Waals surface area contributed by atoms with Crippen molar-refractivity contribution in [3.8, 4) is 11.5 Å². The van der Waals surface area contributed by atoms with Crippen LogP contribution in [0, 0.1) is 0 Å². The standard InChI is InChI=1S/C34H35N3O4/c1-38-32-9-3-6-26(18-32)22-37(23-27-11-12-29-8-5-14-36-34(29)20-27)31-13-15-35-30(21-31)25-41-17-16-40-24-28-7-4-10-33(19-28)39-2/h3-15,18-21H,16-17,22-25H2,1-2H3. The van der Waals surface area contributed by atoms with E-state index in [1.165, 1.54) is 5.56 Å². The Kier molecular flexibility index (Phi) is 9.76. The van der Waals surface area contributed by atoms with Gasteiger partial charge in [0.15, 0.2) is 0 Å². The van der Waals surface area contributed by atoms with Crippen molar-refractivity contribution in [2.24, 2.45) is 0 Å². The van der Waals surface area contributed by atoms with E-state index < -0.39 is 0 Å². The lowest BCUT2D eigenvalue weighted by Crippen LogP contribution is -2.22. The summed E-state index contributed by atoms with van der Waals surface area (Å²) in [6, 6.07) is 30.7. The highest BCUT2D eigenvalue weighted by molar-refractivity contribution is 5.79. The van der Waals surface area contributed by atoms with Crippen LogP contribution in [0.15, 0.2) is 103 Å². The molecule has 0 amide bonds. The minimum absolute atomic E-state index is 0.406. The van der Waals surface area contributed by atoms with Crippen molar-refractivity contribution >= 4 is 16.6 Å². The molecule has 0 aliphatic heterocycles. The van der Waals surface area contributed by atoms with Crippen molar-refractivity contribution in [1.82, 2.24) is 9.97 Å². The van der Waals surface area contributed by atoms with Gasteiger partial charge in [-0.1, -0.05) is 42.5 Å². The molecule has 2 aromatic heterocycles. The molecule has 0 spiro atoms. The van der Waals surface area contributed by atoms with E-state index in [2.05, 4.69) is 57.3 Å². The minimum Gasteiger partial charge on any atom is -0.497 e.